The van der Waals surface area contributed by atoms with Gasteiger partial charge in [-0.2, -0.15) is 0 Å². The summed E-state index contributed by atoms with van der Waals surface area (Å²) >= 11 is 0. The van der Waals surface area contributed by atoms with Crippen molar-refractivity contribution in [1.82, 2.24) is 10.2 Å². The number of benzene rings is 1. The Morgan fingerprint density at radius 3 is 2.95 bits per heavy atom. The van der Waals surface area contributed by atoms with E-state index in [0.29, 0.717) is 12.3 Å². The fourth-order valence-corrected chi connectivity index (χ4v) is 2.62. The molecule has 1 aromatic carbocycles. The third kappa shape index (κ3) is 3.78. The van der Waals surface area contributed by atoms with Crippen molar-refractivity contribution >= 4 is 11.6 Å². The van der Waals surface area contributed by atoms with E-state index in [9.17, 15) is 14.9 Å². The molecule has 0 radical (unpaired) electrons. The van der Waals surface area contributed by atoms with Gasteiger partial charge in [-0.3, -0.25) is 14.9 Å². The summed E-state index contributed by atoms with van der Waals surface area (Å²) in [6, 6.07) is 6.29. The maximum absolute atomic E-state index is 12.3. The number of hydrogen-bond acceptors (Lipinski definition) is 4. The summed E-state index contributed by atoms with van der Waals surface area (Å²) in [5, 5.41) is 14.1. The van der Waals surface area contributed by atoms with E-state index < -0.39 is 4.92 Å². The summed E-state index contributed by atoms with van der Waals surface area (Å²) in [6.07, 6.45) is 1.56. The molecule has 1 amide bonds. The van der Waals surface area contributed by atoms with Gasteiger partial charge in [-0.1, -0.05) is 12.1 Å². The number of amides is 1. The molecule has 1 N–H and O–H groups in total. The van der Waals surface area contributed by atoms with E-state index in [1.165, 1.54) is 12.1 Å². The highest BCUT2D eigenvalue weighted by molar-refractivity contribution is 5.76. The lowest BCUT2D eigenvalue weighted by molar-refractivity contribution is -0.384. The fourth-order valence-electron chi connectivity index (χ4n) is 2.62. The predicted octanol–water partition coefficient (Wildman–Crippen LogP) is 2.11. The second-order valence-corrected chi connectivity index (χ2v) is 5.60. The first-order chi connectivity index (χ1) is 9.99. The largest absolute Gasteiger partial charge is 0.339 e. The zero-order chi connectivity index (χ0) is 15.4. The number of nitro benzene ring substituents is 1. The van der Waals surface area contributed by atoms with Crippen molar-refractivity contribution in [2.24, 2.45) is 5.92 Å². The van der Waals surface area contributed by atoms with Gasteiger partial charge in [0.15, 0.2) is 0 Å². The highest BCUT2D eigenvalue weighted by atomic mass is 16.6. The lowest BCUT2D eigenvalue weighted by atomic mass is 10.0. The average molecular weight is 291 g/mol. The SMILES string of the molecule is CC(c1cccc([N+](=O)[O-])c1)N(C)C(=O)CC1CCNC1. The first kappa shape index (κ1) is 15.4. The lowest BCUT2D eigenvalue weighted by Crippen LogP contribution is -2.31. The van der Waals surface area contributed by atoms with Crippen molar-refractivity contribution in [3.8, 4) is 0 Å². The summed E-state index contributed by atoms with van der Waals surface area (Å²) in [4.78, 5) is 24.4. The van der Waals surface area contributed by atoms with E-state index in [2.05, 4.69) is 5.32 Å². The van der Waals surface area contributed by atoms with Crippen LogP contribution in [0.15, 0.2) is 24.3 Å². The van der Waals surface area contributed by atoms with Crippen molar-refractivity contribution < 1.29 is 9.72 Å². The smallest absolute Gasteiger partial charge is 0.269 e. The maximum Gasteiger partial charge on any atom is 0.269 e. The Morgan fingerprint density at radius 2 is 2.33 bits per heavy atom. The van der Waals surface area contributed by atoms with Crippen LogP contribution < -0.4 is 5.32 Å². The van der Waals surface area contributed by atoms with Gasteiger partial charge < -0.3 is 10.2 Å². The molecular weight excluding hydrogens is 270 g/mol. The fraction of sp³-hybridized carbons (Fsp3) is 0.533. The molecule has 0 bridgehead atoms. The number of carbonyl (C=O) groups is 1. The third-order valence-corrected chi connectivity index (χ3v) is 4.16. The van der Waals surface area contributed by atoms with Crippen LogP contribution in [0.5, 0.6) is 0 Å². The molecule has 2 unspecified atom stereocenters. The van der Waals surface area contributed by atoms with Crippen LogP contribution >= 0.6 is 0 Å². The van der Waals surface area contributed by atoms with Gasteiger partial charge in [0, 0.05) is 25.6 Å². The minimum atomic E-state index is -0.414. The minimum absolute atomic E-state index is 0.0557. The zero-order valence-electron chi connectivity index (χ0n) is 12.4. The van der Waals surface area contributed by atoms with Crippen LogP contribution in [0.3, 0.4) is 0 Å². The normalized spacial score (nSPS) is 19.2. The van der Waals surface area contributed by atoms with E-state index in [1.807, 2.05) is 13.0 Å². The first-order valence-electron chi connectivity index (χ1n) is 7.19. The van der Waals surface area contributed by atoms with Gasteiger partial charge in [-0.15, -0.1) is 0 Å². The Balaban J connectivity index is 2.03. The van der Waals surface area contributed by atoms with E-state index in [-0.39, 0.29) is 17.6 Å². The molecule has 0 spiro atoms. The van der Waals surface area contributed by atoms with Gasteiger partial charge in [-0.25, -0.2) is 0 Å². The zero-order valence-corrected chi connectivity index (χ0v) is 12.4. The molecule has 1 saturated heterocycles. The van der Waals surface area contributed by atoms with Crippen LogP contribution in [0.25, 0.3) is 0 Å². The lowest BCUT2D eigenvalue weighted by Gasteiger charge is -2.26. The summed E-state index contributed by atoms with van der Waals surface area (Å²) in [5.74, 6) is 0.486. The van der Waals surface area contributed by atoms with Crippen LogP contribution in [0.4, 0.5) is 5.69 Å². The third-order valence-electron chi connectivity index (χ3n) is 4.16. The van der Waals surface area contributed by atoms with Gasteiger partial charge in [0.05, 0.1) is 11.0 Å². The van der Waals surface area contributed by atoms with E-state index in [4.69, 9.17) is 0 Å². The standard InChI is InChI=1S/C15H21N3O3/c1-11(13-4-3-5-14(9-13)18(20)21)17(2)15(19)8-12-6-7-16-10-12/h3-5,9,11-12,16H,6-8,10H2,1-2H3. The molecule has 1 fully saturated rings. The molecule has 0 saturated carbocycles. The van der Waals surface area contributed by atoms with Gasteiger partial charge in [-0.05, 0) is 37.9 Å². The summed E-state index contributed by atoms with van der Waals surface area (Å²) in [7, 11) is 1.76. The number of rotatable bonds is 5. The van der Waals surface area contributed by atoms with E-state index in [0.717, 1.165) is 25.1 Å². The summed E-state index contributed by atoms with van der Waals surface area (Å²) in [6.45, 7) is 3.76. The molecule has 1 aliphatic rings. The van der Waals surface area contributed by atoms with Gasteiger partial charge in [0.1, 0.15) is 0 Å². The summed E-state index contributed by atoms with van der Waals surface area (Å²) in [5.41, 5.74) is 0.838. The highest BCUT2D eigenvalue weighted by Crippen LogP contribution is 2.24. The van der Waals surface area contributed by atoms with Gasteiger partial charge in [0.25, 0.3) is 5.69 Å². The molecule has 1 aromatic rings. The predicted molar refractivity (Wildman–Crippen MR) is 79.9 cm³/mol. The molecule has 1 aliphatic heterocycles. The number of nitrogens with zero attached hydrogens (tertiary/aromatic N) is 2. The number of non-ortho nitro benzene ring substituents is 1. The quantitative estimate of drug-likeness (QED) is 0.666. The van der Waals surface area contributed by atoms with Gasteiger partial charge in [0.2, 0.25) is 5.91 Å². The second-order valence-electron chi connectivity index (χ2n) is 5.60. The average Bonchev–Trinajstić information content (AvgIpc) is 2.98. The van der Waals surface area contributed by atoms with Crippen molar-refractivity contribution in [2.75, 3.05) is 20.1 Å². The van der Waals surface area contributed by atoms with E-state index >= 15 is 0 Å². The molecule has 114 valence electrons. The van der Waals surface area contributed by atoms with Crippen molar-refractivity contribution in [3.05, 3.63) is 39.9 Å². The Bertz CT molecular complexity index is 527. The molecule has 1 heterocycles. The summed E-state index contributed by atoms with van der Waals surface area (Å²) < 4.78 is 0. The van der Waals surface area contributed by atoms with Crippen LogP contribution in [-0.4, -0.2) is 35.9 Å². The molecule has 2 atom stereocenters. The van der Waals surface area contributed by atoms with Crippen LogP contribution in [0, 0.1) is 16.0 Å². The molecule has 21 heavy (non-hydrogen) atoms. The second kappa shape index (κ2) is 6.67. The molecule has 6 heteroatoms. The first-order valence-corrected chi connectivity index (χ1v) is 7.19. The Kier molecular flexibility index (Phi) is 4.90. The van der Waals surface area contributed by atoms with Crippen molar-refractivity contribution in [2.45, 2.75) is 25.8 Å². The minimum Gasteiger partial charge on any atom is -0.339 e. The maximum atomic E-state index is 12.3. The Hall–Kier alpha value is -1.95. The molecule has 0 aromatic heterocycles. The Labute approximate surface area is 124 Å². The number of carbonyl (C=O) groups excluding carboxylic acids is 1. The molecular formula is C15H21N3O3. The van der Waals surface area contributed by atoms with Crippen molar-refractivity contribution in [3.63, 3.8) is 0 Å². The van der Waals surface area contributed by atoms with Crippen LogP contribution in [0.2, 0.25) is 0 Å². The van der Waals surface area contributed by atoms with E-state index in [1.54, 1.807) is 18.0 Å². The molecule has 6 nitrogen and oxygen atoms in total. The monoisotopic (exact) mass is 291 g/mol. The van der Waals surface area contributed by atoms with Crippen LogP contribution in [0.1, 0.15) is 31.4 Å². The van der Waals surface area contributed by atoms with Crippen molar-refractivity contribution in [1.29, 1.82) is 0 Å². The number of nitro groups is 1. The highest BCUT2D eigenvalue weighted by Gasteiger charge is 2.23. The topological polar surface area (TPSA) is 75.5 Å². The molecule has 0 aliphatic carbocycles. The van der Waals surface area contributed by atoms with Gasteiger partial charge >= 0.3 is 0 Å². The number of nitrogens with one attached hydrogen (secondary N) is 1. The number of hydrogen-bond donors (Lipinski definition) is 1. The molecule has 2 rings (SSSR count). The Morgan fingerprint density at radius 1 is 1.57 bits per heavy atom. The van der Waals surface area contributed by atoms with Crippen LogP contribution in [-0.2, 0) is 4.79 Å².